The highest BCUT2D eigenvalue weighted by molar-refractivity contribution is 9.09. The van der Waals surface area contributed by atoms with Gasteiger partial charge in [-0.2, -0.15) is 0 Å². The van der Waals surface area contributed by atoms with Gasteiger partial charge in [0.2, 0.25) is 10.0 Å². The molecule has 0 radical (unpaired) electrons. The lowest BCUT2D eigenvalue weighted by Gasteiger charge is -2.19. The van der Waals surface area contributed by atoms with Crippen LogP contribution in [0.1, 0.15) is 40.0 Å². The van der Waals surface area contributed by atoms with Crippen LogP contribution in [0.2, 0.25) is 0 Å². The molecule has 0 aromatic rings. The highest BCUT2D eigenvalue weighted by atomic mass is 79.9. The Morgan fingerprint density at radius 2 is 1.73 bits per heavy atom. The number of hydrogen-bond donors (Lipinski definition) is 1. The van der Waals surface area contributed by atoms with Gasteiger partial charge in [0.25, 0.3) is 0 Å². The zero-order valence-electron chi connectivity index (χ0n) is 9.79. The molecule has 0 heterocycles. The molecule has 3 nitrogen and oxygen atoms in total. The van der Waals surface area contributed by atoms with E-state index in [0.717, 1.165) is 12.8 Å². The predicted octanol–water partition coefficient (Wildman–Crippen LogP) is 2.52. The Morgan fingerprint density at radius 1 is 1.20 bits per heavy atom. The average molecular weight is 300 g/mol. The van der Waals surface area contributed by atoms with Crippen LogP contribution in [0.3, 0.4) is 0 Å². The number of alkyl halides is 1. The summed E-state index contributed by atoms with van der Waals surface area (Å²) in [5.74, 6) is 0.754. The van der Waals surface area contributed by atoms with Crippen molar-refractivity contribution in [2.45, 2.75) is 44.9 Å². The van der Waals surface area contributed by atoms with Gasteiger partial charge in [-0.3, -0.25) is 0 Å². The smallest absolute Gasteiger partial charge is 0.211 e. The minimum Gasteiger partial charge on any atom is -0.214 e. The van der Waals surface area contributed by atoms with Crippen LogP contribution in [0.15, 0.2) is 0 Å². The number of nitrogens with one attached hydrogen (secondary N) is 1. The van der Waals surface area contributed by atoms with Gasteiger partial charge in [-0.05, 0) is 12.3 Å². The molecule has 1 atom stereocenters. The van der Waals surface area contributed by atoms with Crippen LogP contribution in [0, 0.1) is 5.92 Å². The summed E-state index contributed by atoms with van der Waals surface area (Å²) in [6.45, 7) is 6.62. The SMILES string of the molecule is CCCS(=O)(=O)NCC(Br)C(CC)CC. The molecule has 0 aromatic heterocycles. The standard InChI is InChI=1S/C10H22BrNO2S/c1-4-7-15(13,14)12-8-10(11)9(5-2)6-3/h9-10,12H,4-8H2,1-3H3. The number of sulfonamides is 1. The minimum atomic E-state index is -3.06. The quantitative estimate of drug-likeness (QED) is 0.700. The maximum Gasteiger partial charge on any atom is 0.211 e. The van der Waals surface area contributed by atoms with Gasteiger partial charge in [0.1, 0.15) is 0 Å². The largest absolute Gasteiger partial charge is 0.214 e. The highest BCUT2D eigenvalue weighted by Gasteiger charge is 2.17. The van der Waals surface area contributed by atoms with Gasteiger partial charge in [-0.15, -0.1) is 0 Å². The summed E-state index contributed by atoms with van der Waals surface area (Å²) >= 11 is 3.54. The van der Waals surface area contributed by atoms with Crippen LogP contribution in [0.25, 0.3) is 0 Å². The molecular weight excluding hydrogens is 278 g/mol. The van der Waals surface area contributed by atoms with E-state index in [1.807, 2.05) is 6.92 Å². The lowest BCUT2D eigenvalue weighted by atomic mass is 10.00. The van der Waals surface area contributed by atoms with E-state index in [1.165, 1.54) is 0 Å². The second-order valence-corrected chi connectivity index (χ2v) is 6.86. The molecule has 0 aromatic carbocycles. The average Bonchev–Trinajstić information content (AvgIpc) is 2.17. The van der Waals surface area contributed by atoms with Gasteiger partial charge in [0.15, 0.2) is 0 Å². The first-order valence-corrected chi connectivity index (χ1v) is 8.15. The van der Waals surface area contributed by atoms with E-state index < -0.39 is 10.0 Å². The normalized spacial score (nSPS) is 14.5. The van der Waals surface area contributed by atoms with E-state index in [4.69, 9.17) is 0 Å². The molecule has 0 aliphatic carbocycles. The van der Waals surface area contributed by atoms with Crippen molar-refractivity contribution in [1.29, 1.82) is 0 Å². The molecule has 0 spiro atoms. The number of halogens is 1. The summed E-state index contributed by atoms with van der Waals surface area (Å²) in [5.41, 5.74) is 0. The summed E-state index contributed by atoms with van der Waals surface area (Å²) in [6.07, 6.45) is 2.80. The Balaban J connectivity index is 4.04. The van der Waals surface area contributed by atoms with E-state index in [1.54, 1.807) is 0 Å². The van der Waals surface area contributed by atoms with Crippen LogP contribution in [-0.4, -0.2) is 25.5 Å². The van der Waals surface area contributed by atoms with Gasteiger partial charge < -0.3 is 0 Å². The zero-order valence-corrected chi connectivity index (χ0v) is 12.2. The molecule has 1 N–H and O–H groups in total. The van der Waals surface area contributed by atoms with Crippen LogP contribution >= 0.6 is 15.9 Å². The van der Waals surface area contributed by atoms with E-state index >= 15 is 0 Å². The monoisotopic (exact) mass is 299 g/mol. The van der Waals surface area contributed by atoms with Gasteiger partial charge in [-0.25, -0.2) is 13.1 Å². The Labute approximate surface area is 102 Å². The van der Waals surface area contributed by atoms with Crippen molar-refractivity contribution in [2.75, 3.05) is 12.3 Å². The summed E-state index contributed by atoms with van der Waals surface area (Å²) in [6, 6.07) is 0. The van der Waals surface area contributed by atoms with Crippen molar-refractivity contribution in [1.82, 2.24) is 4.72 Å². The van der Waals surface area contributed by atoms with E-state index in [-0.39, 0.29) is 10.6 Å². The Bertz CT molecular complexity index is 250. The molecule has 0 saturated heterocycles. The molecule has 0 aliphatic rings. The molecule has 5 heteroatoms. The molecule has 0 bridgehead atoms. The second kappa shape index (κ2) is 7.63. The summed E-state index contributed by atoms with van der Waals surface area (Å²) in [7, 11) is -3.06. The zero-order chi connectivity index (χ0) is 11.9. The lowest BCUT2D eigenvalue weighted by Crippen LogP contribution is -2.34. The van der Waals surface area contributed by atoms with Gasteiger partial charge in [0, 0.05) is 11.4 Å². The van der Waals surface area contributed by atoms with E-state index in [2.05, 4.69) is 34.5 Å². The van der Waals surface area contributed by atoms with Crippen molar-refractivity contribution < 1.29 is 8.42 Å². The van der Waals surface area contributed by atoms with Crippen LogP contribution in [0.5, 0.6) is 0 Å². The van der Waals surface area contributed by atoms with Crippen LogP contribution < -0.4 is 4.72 Å². The highest BCUT2D eigenvalue weighted by Crippen LogP contribution is 2.19. The maximum absolute atomic E-state index is 11.4. The van der Waals surface area contributed by atoms with E-state index in [9.17, 15) is 8.42 Å². The van der Waals surface area contributed by atoms with Gasteiger partial charge in [-0.1, -0.05) is 49.5 Å². The molecule has 92 valence electrons. The molecular formula is C10H22BrNO2S. The van der Waals surface area contributed by atoms with Gasteiger partial charge in [0.05, 0.1) is 5.75 Å². The number of rotatable bonds is 8. The first-order valence-electron chi connectivity index (χ1n) is 5.58. The second-order valence-electron chi connectivity index (χ2n) is 3.76. The fourth-order valence-corrected chi connectivity index (χ4v) is 3.75. The number of hydrogen-bond acceptors (Lipinski definition) is 2. The van der Waals surface area contributed by atoms with Crippen molar-refractivity contribution in [3.05, 3.63) is 0 Å². The topological polar surface area (TPSA) is 46.2 Å². The van der Waals surface area contributed by atoms with Crippen molar-refractivity contribution in [3.8, 4) is 0 Å². The molecule has 0 rings (SSSR count). The molecule has 0 amide bonds. The Morgan fingerprint density at radius 3 is 2.13 bits per heavy atom. The molecule has 15 heavy (non-hydrogen) atoms. The fraction of sp³-hybridized carbons (Fsp3) is 1.00. The summed E-state index contributed by atoms with van der Waals surface area (Å²) in [4.78, 5) is 0.235. The maximum atomic E-state index is 11.4. The third-order valence-corrected chi connectivity index (χ3v) is 5.15. The Hall–Kier alpha value is 0.390. The van der Waals surface area contributed by atoms with Crippen molar-refractivity contribution in [2.24, 2.45) is 5.92 Å². The van der Waals surface area contributed by atoms with Crippen molar-refractivity contribution >= 4 is 26.0 Å². The summed E-state index contributed by atoms with van der Waals surface area (Å²) in [5, 5.41) is 0. The molecule has 0 aliphatic heterocycles. The third kappa shape index (κ3) is 6.53. The van der Waals surface area contributed by atoms with E-state index in [0.29, 0.717) is 18.9 Å². The minimum absolute atomic E-state index is 0.218. The van der Waals surface area contributed by atoms with Crippen LogP contribution in [-0.2, 0) is 10.0 Å². The molecule has 1 unspecified atom stereocenters. The first-order chi connectivity index (χ1) is 6.96. The third-order valence-electron chi connectivity index (χ3n) is 2.53. The molecule has 0 saturated carbocycles. The lowest BCUT2D eigenvalue weighted by molar-refractivity contribution is 0.471. The first kappa shape index (κ1) is 15.4. The fourth-order valence-electron chi connectivity index (χ4n) is 1.51. The Kier molecular flexibility index (Phi) is 7.83. The summed E-state index contributed by atoms with van der Waals surface area (Å²) < 4.78 is 25.4. The molecule has 0 fully saturated rings. The van der Waals surface area contributed by atoms with Crippen molar-refractivity contribution in [3.63, 3.8) is 0 Å². The van der Waals surface area contributed by atoms with Gasteiger partial charge >= 0.3 is 0 Å². The predicted molar refractivity (Wildman–Crippen MR) is 68.9 cm³/mol. The van der Waals surface area contributed by atoms with Crippen LogP contribution in [0.4, 0.5) is 0 Å².